The quantitative estimate of drug-likeness (QED) is 0.804. The second-order valence-corrected chi connectivity index (χ2v) is 6.30. The fraction of sp³-hybridized carbons (Fsp3) is 0.692. The molecule has 1 aliphatic rings. The summed E-state index contributed by atoms with van der Waals surface area (Å²) in [5.74, 6) is 2.20. The van der Waals surface area contributed by atoms with Gasteiger partial charge in [0.25, 0.3) is 0 Å². The SMILES string of the molecule is COc1cc(C)nc(N2CCC(C(C)Br)CC2)n1. The molecule has 1 saturated heterocycles. The highest BCUT2D eigenvalue weighted by atomic mass is 79.9. The molecule has 0 bridgehead atoms. The third kappa shape index (κ3) is 3.13. The first-order valence-electron chi connectivity index (χ1n) is 6.39. The molecule has 1 unspecified atom stereocenters. The van der Waals surface area contributed by atoms with Gasteiger partial charge in [-0.15, -0.1) is 0 Å². The van der Waals surface area contributed by atoms with Gasteiger partial charge in [0.2, 0.25) is 11.8 Å². The highest BCUT2D eigenvalue weighted by molar-refractivity contribution is 9.09. The molecule has 1 atom stereocenters. The Kier molecular flexibility index (Phi) is 4.43. The molecular formula is C13H20BrN3O. The normalized spacial score (nSPS) is 18.8. The van der Waals surface area contributed by atoms with Crippen LogP contribution in [-0.2, 0) is 0 Å². The van der Waals surface area contributed by atoms with E-state index in [4.69, 9.17) is 4.74 Å². The van der Waals surface area contributed by atoms with Crippen LogP contribution in [0.15, 0.2) is 6.07 Å². The van der Waals surface area contributed by atoms with Crippen LogP contribution in [0.3, 0.4) is 0 Å². The van der Waals surface area contributed by atoms with E-state index < -0.39 is 0 Å². The first-order chi connectivity index (χ1) is 8.60. The Labute approximate surface area is 117 Å². The van der Waals surface area contributed by atoms with Crippen molar-refractivity contribution in [2.75, 3.05) is 25.1 Å². The van der Waals surface area contributed by atoms with E-state index in [1.807, 2.05) is 13.0 Å². The summed E-state index contributed by atoms with van der Waals surface area (Å²) in [5.41, 5.74) is 0.952. The van der Waals surface area contributed by atoms with Crippen molar-refractivity contribution in [3.8, 4) is 5.88 Å². The van der Waals surface area contributed by atoms with Gasteiger partial charge < -0.3 is 9.64 Å². The minimum absolute atomic E-state index is 0.590. The standard InChI is InChI=1S/C13H20BrN3O/c1-9-8-12(18-3)16-13(15-9)17-6-4-11(5-7-17)10(2)14/h8,10-11H,4-7H2,1-3H3. The molecule has 0 spiro atoms. The summed E-state index contributed by atoms with van der Waals surface area (Å²) in [6.45, 7) is 6.24. The van der Waals surface area contributed by atoms with E-state index in [0.717, 1.165) is 30.6 Å². The van der Waals surface area contributed by atoms with E-state index in [9.17, 15) is 0 Å². The van der Waals surface area contributed by atoms with Gasteiger partial charge in [0.05, 0.1) is 7.11 Å². The Morgan fingerprint density at radius 1 is 1.39 bits per heavy atom. The maximum atomic E-state index is 5.20. The van der Waals surface area contributed by atoms with Crippen molar-refractivity contribution in [1.82, 2.24) is 9.97 Å². The number of alkyl halides is 1. The minimum atomic E-state index is 0.590. The first kappa shape index (κ1) is 13.6. The van der Waals surface area contributed by atoms with Crippen molar-refractivity contribution < 1.29 is 4.74 Å². The molecule has 1 aromatic rings. The molecule has 2 rings (SSSR count). The summed E-state index contributed by atoms with van der Waals surface area (Å²) in [7, 11) is 1.64. The molecule has 2 heterocycles. The van der Waals surface area contributed by atoms with Crippen molar-refractivity contribution >= 4 is 21.9 Å². The molecule has 18 heavy (non-hydrogen) atoms. The Bertz CT molecular complexity index is 403. The topological polar surface area (TPSA) is 38.2 Å². The van der Waals surface area contributed by atoms with Gasteiger partial charge in [-0.2, -0.15) is 4.98 Å². The predicted molar refractivity (Wildman–Crippen MR) is 76.6 cm³/mol. The van der Waals surface area contributed by atoms with Gasteiger partial charge >= 0.3 is 0 Å². The van der Waals surface area contributed by atoms with Gasteiger partial charge in [0, 0.05) is 29.7 Å². The summed E-state index contributed by atoms with van der Waals surface area (Å²) >= 11 is 3.68. The number of nitrogens with zero attached hydrogens (tertiary/aromatic N) is 3. The van der Waals surface area contributed by atoms with Crippen LogP contribution >= 0.6 is 15.9 Å². The number of anilines is 1. The number of ether oxygens (including phenoxy) is 1. The third-order valence-corrected chi connectivity index (χ3v) is 4.25. The fourth-order valence-electron chi connectivity index (χ4n) is 2.33. The number of aromatic nitrogens is 2. The maximum absolute atomic E-state index is 5.20. The molecular weight excluding hydrogens is 294 g/mol. The minimum Gasteiger partial charge on any atom is -0.481 e. The summed E-state index contributed by atoms with van der Waals surface area (Å²) in [6.07, 6.45) is 2.37. The molecule has 1 aromatic heterocycles. The first-order valence-corrected chi connectivity index (χ1v) is 7.30. The summed E-state index contributed by atoms with van der Waals surface area (Å²) in [6, 6.07) is 1.86. The Hall–Kier alpha value is -0.840. The number of rotatable bonds is 3. The van der Waals surface area contributed by atoms with E-state index in [1.165, 1.54) is 12.8 Å². The van der Waals surface area contributed by atoms with E-state index >= 15 is 0 Å². The van der Waals surface area contributed by atoms with Gasteiger partial charge in [-0.1, -0.05) is 22.9 Å². The van der Waals surface area contributed by atoms with Crippen LogP contribution in [-0.4, -0.2) is 35.0 Å². The van der Waals surface area contributed by atoms with Crippen LogP contribution in [0, 0.1) is 12.8 Å². The van der Waals surface area contributed by atoms with Gasteiger partial charge in [0.15, 0.2) is 0 Å². The molecule has 0 radical (unpaired) electrons. The number of hydrogen-bond donors (Lipinski definition) is 0. The lowest BCUT2D eigenvalue weighted by Gasteiger charge is -2.33. The average molecular weight is 314 g/mol. The van der Waals surface area contributed by atoms with Crippen LogP contribution in [0.1, 0.15) is 25.5 Å². The average Bonchev–Trinajstić information content (AvgIpc) is 2.38. The van der Waals surface area contributed by atoms with Gasteiger partial charge in [0.1, 0.15) is 0 Å². The second kappa shape index (κ2) is 5.87. The molecule has 4 nitrogen and oxygen atoms in total. The van der Waals surface area contributed by atoms with Crippen LogP contribution in [0.2, 0.25) is 0 Å². The smallest absolute Gasteiger partial charge is 0.228 e. The lowest BCUT2D eigenvalue weighted by Crippen LogP contribution is -2.37. The molecule has 0 aliphatic carbocycles. The number of hydrogen-bond acceptors (Lipinski definition) is 4. The second-order valence-electron chi connectivity index (χ2n) is 4.85. The van der Waals surface area contributed by atoms with Gasteiger partial charge in [-0.05, 0) is 25.7 Å². The third-order valence-electron chi connectivity index (χ3n) is 3.50. The number of aryl methyl sites for hydroxylation is 1. The van der Waals surface area contributed by atoms with Gasteiger partial charge in [-0.3, -0.25) is 0 Å². The van der Waals surface area contributed by atoms with Crippen LogP contribution in [0.4, 0.5) is 5.95 Å². The zero-order chi connectivity index (χ0) is 13.1. The summed E-state index contributed by atoms with van der Waals surface area (Å²) < 4.78 is 5.20. The summed E-state index contributed by atoms with van der Waals surface area (Å²) in [4.78, 5) is 11.8. The lowest BCUT2D eigenvalue weighted by molar-refractivity contribution is 0.388. The van der Waals surface area contributed by atoms with Crippen LogP contribution in [0.25, 0.3) is 0 Å². The maximum Gasteiger partial charge on any atom is 0.228 e. The van der Waals surface area contributed by atoms with E-state index in [0.29, 0.717) is 10.7 Å². The number of halogens is 1. The molecule has 100 valence electrons. The van der Waals surface area contributed by atoms with E-state index in [1.54, 1.807) is 7.11 Å². The largest absolute Gasteiger partial charge is 0.481 e. The lowest BCUT2D eigenvalue weighted by atomic mass is 9.94. The predicted octanol–water partition coefficient (Wildman–Crippen LogP) is 2.79. The summed E-state index contributed by atoms with van der Waals surface area (Å²) in [5, 5.41) is 0. The Morgan fingerprint density at radius 2 is 2.06 bits per heavy atom. The van der Waals surface area contributed by atoms with Crippen molar-refractivity contribution in [3.63, 3.8) is 0 Å². The monoisotopic (exact) mass is 313 g/mol. The molecule has 1 fully saturated rings. The van der Waals surface area contributed by atoms with E-state index in [2.05, 4.69) is 37.7 Å². The molecule has 5 heteroatoms. The zero-order valence-corrected chi connectivity index (χ0v) is 12.8. The van der Waals surface area contributed by atoms with E-state index in [-0.39, 0.29) is 0 Å². The zero-order valence-electron chi connectivity index (χ0n) is 11.2. The number of methoxy groups -OCH3 is 1. The van der Waals surface area contributed by atoms with Crippen molar-refractivity contribution in [2.24, 2.45) is 5.92 Å². The highest BCUT2D eigenvalue weighted by Gasteiger charge is 2.24. The van der Waals surface area contributed by atoms with Crippen LogP contribution in [0.5, 0.6) is 5.88 Å². The Morgan fingerprint density at radius 3 is 2.61 bits per heavy atom. The van der Waals surface area contributed by atoms with Crippen molar-refractivity contribution in [1.29, 1.82) is 0 Å². The molecule has 0 aromatic carbocycles. The molecule has 0 saturated carbocycles. The Balaban J connectivity index is 2.07. The molecule has 1 aliphatic heterocycles. The van der Waals surface area contributed by atoms with Crippen LogP contribution < -0.4 is 9.64 Å². The van der Waals surface area contributed by atoms with Gasteiger partial charge in [-0.25, -0.2) is 4.98 Å². The highest BCUT2D eigenvalue weighted by Crippen LogP contribution is 2.27. The van der Waals surface area contributed by atoms with Crippen molar-refractivity contribution in [3.05, 3.63) is 11.8 Å². The molecule has 0 N–H and O–H groups in total. The number of piperidine rings is 1. The van der Waals surface area contributed by atoms with Crippen molar-refractivity contribution in [2.45, 2.75) is 31.5 Å². The fourth-order valence-corrected chi connectivity index (χ4v) is 2.86. The molecule has 0 amide bonds.